The Bertz CT molecular complexity index is 666. The number of rotatable bonds is 7. The van der Waals surface area contributed by atoms with Crippen LogP contribution in [-0.4, -0.2) is 37.5 Å². The lowest BCUT2D eigenvalue weighted by Crippen LogP contribution is -2.44. The summed E-state index contributed by atoms with van der Waals surface area (Å²) in [6.07, 6.45) is 0. The van der Waals surface area contributed by atoms with Crippen LogP contribution in [0.2, 0.25) is 0 Å². The highest BCUT2D eigenvalue weighted by molar-refractivity contribution is 7.89. The minimum Gasteiger partial charge on any atom is -0.480 e. The molecule has 0 fully saturated rings. The maximum Gasteiger partial charge on any atom is 0.326 e. The fraction of sp³-hybridized carbons (Fsp3) is 0.467. The molecule has 0 saturated carbocycles. The predicted octanol–water partition coefficient (Wildman–Crippen LogP) is 1.21. The maximum atomic E-state index is 12.1. The van der Waals surface area contributed by atoms with Crippen molar-refractivity contribution in [3.8, 4) is 0 Å². The second kappa shape index (κ2) is 7.56. The molecule has 0 aliphatic carbocycles. The van der Waals surface area contributed by atoms with Crippen LogP contribution in [0.4, 0.5) is 0 Å². The van der Waals surface area contributed by atoms with Gasteiger partial charge in [-0.15, -0.1) is 0 Å². The molecular formula is C15H22N2O5S. The average Bonchev–Trinajstić information content (AvgIpc) is 2.42. The minimum absolute atomic E-state index is 0.0430. The molecule has 0 aliphatic heterocycles. The lowest BCUT2D eigenvalue weighted by Gasteiger charge is -2.18. The van der Waals surface area contributed by atoms with Crippen molar-refractivity contribution in [3.05, 3.63) is 29.8 Å². The Morgan fingerprint density at radius 3 is 1.96 bits per heavy atom. The van der Waals surface area contributed by atoms with Crippen LogP contribution in [0, 0.1) is 5.92 Å². The van der Waals surface area contributed by atoms with Crippen LogP contribution in [0.3, 0.4) is 0 Å². The third-order valence-corrected chi connectivity index (χ3v) is 4.71. The van der Waals surface area contributed by atoms with Crippen LogP contribution < -0.4 is 10.0 Å². The number of aliphatic carboxylic acids is 1. The van der Waals surface area contributed by atoms with Crippen LogP contribution in [0.1, 0.15) is 38.1 Å². The normalized spacial score (nSPS) is 13.1. The first-order valence-corrected chi connectivity index (χ1v) is 8.69. The van der Waals surface area contributed by atoms with Gasteiger partial charge in [-0.05, 0) is 44.0 Å². The molecule has 1 atom stereocenters. The van der Waals surface area contributed by atoms with Crippen molar-refractivity contribution in [2.24, 2.45) is 5.92 Å². The second-order valence-corrected chi connectivity index (χ2v) is 7.55. The van der Waals surface area contributed by atoms with E-state index in [0.29, 0.717) is 0 Å². The molecule has 7 nitrogen and oxygen atoms in total. The van der Waals surface area contributed by atoms with E-state index in [1.54, 1.807) is 27.7 Å². The Morgan fingerprint density at radius 2 is 1.57 bits per heavy atom. The summed E-state index contributed by atoms with van der Waals surface area (Å²) in [5, 5.41) is 11.5. The fourth-order valence-corrected chi connectivity index (χ4v) is 3.15. The van der Waals surface area contributed by atoms with E-state index in [1.165, 1.54) is 24.3 Å². The van der Waals surface area contributed by atoms with Crippen molar-refractivity contribution in [1.29, 1.82) is 0 Å². The van der Waals surface area contributed by atoms with Crippen molar-refractivity contribution in [2.75, 3.05) is 0 Å². The second-order valence-electron chi connectivity index (χ2n) is 5.83. The van der Waals surface area contributed by atoms with Crippen LogP contribution in [-0.2, 0) is 14.8 Å². The molecule has 0 saturated heterocycles. The molecule has 3 N–H and O–H groups in total. The van der Waals surface area contributed by atoms with Gasteiger partial charge in [0.15, 0.2) is 0 Å². The first-order valence-electron chi connectivity index (χ1n) is 7.20. The van der Waals surface area contributed by atoms with Crippen LogP contribution in [0.5, 0.6) is 0 Å². The number of hydrogen-bond donors (Lipinski definition) is 3. The molecule has 23 heavy (non-hydrogen) atoms. The monoisotopic (exact) mass is 342 g/mol. The van der Waals surface area contributed by atoms with Gasteiger partial charge in [0.05, 0.1) is 4.90 Å². The van der Waals surface area contributed by atoms with E-state index >= 15 is 0 Å². The number of amides is 1. The van der Waals surface area contributed by atoms with Gasteiger partial charge in [-0.2, -0.15) is 0 Å². The average molecular weight is 342 g/mol. The topological polar surface area (TPSA) is 113 Å². The van der Waals surface area contributed by atoms with E-state index < -0.39 is 27.9 Å². The lowest BCUT2D eigenvalue weighted by molar-refractivity contribution is -0.140. The molecule has 8 heteroatoms. The molecular weight excluding hydrogens is 320 g/mol. The number of sulfonamides is 1. The first-order chi connectivity index (χ1) is 10.5. The van der Waals surface area contributed by atoms with Crippen molar-refractivity contribution in [2.45, 2.75) is 44.7 Å². The van der Waals surface area contributed by atoms with Gasteiger partial charge >= 0.3 is 5.97 Å². The van der Waals surface area contributed by atoms with Crippen LogP contribution in [0.15, 0.2) is 29.2 Å². The van der Waals surface area contributed by atoms with Gasteiger partial charge in [-0.3, -0.25) is 4.79 Å². The van der Waals surface area contributed by atoms with Gasteiger partial charge in [0.1, 0.15) is 6.04 Å². The highest BCUT2D eigenvalue weighted by atomic mass is 32.2. The molecule has 1 amide bonds. The number of hydrogen-bond acceptors (Lipinski definition) is 4. The van der Waals surface area contributed by atoms with Crippen LogP contribution in [0.25, 0.3) is 0 Å². The summed E-state index contributed by atoms with van der Waals surface area (Å²) in [5.41, 5.74) is 0.195. The van der Waals surface area contributed by atoms with Crippen molar-refractivity contribution >= 4 is 21.9 Å². The van der Waals surface area contributed by atoms with Gasteiger partial charge < -0.3 is 10.4 Å². The van der Waals surface area contributed by atoms with Gasteiger partial charge in [0.2, 0.25) is 10.0 Å². The Labute approximate surface area is 136 Å². The van der Waals surface area contributed by atoms with Crippen molar-refractivity contribution in [1.82, 2.24) is 10.0 Å². The lowest BCUT2D eigenvalue weighted by atomic mass is 10.0. The van der Waals surface area contributed by atoms with E-state index in [9.17, 15) is 18.0 Å². The summed E-state index contributed by atoms with van der Waals surface area (Å²) in [6, 6.07) is 4.07. The van der Waals surface area contributed by atoms with Crippen molar-refractivity contribution in [3.63, 3.8) is 0 Å². The minimum atomic E-state index is -3.63. The van der Waals surface area contributed by atoms with E-state index in [-0.39, 0.29) is 22.4 Å². The third-order valence-electron chi connectivity index (χ3n) is 3.04. The Morgan fingerprint density at radius 1 is 1.04 bits per heavy atom. The smallest absolute Gasteiger partial charge is 0.326 e. The zero-order valence-electron chi connectivity index (χ0n) is 13.5. The summed E-state index contributed by atoms with van der Waals surface area (Å²) >= 11 is 0. The highest BCUT2D eigenvalue weighted by Crippen LogP contribution is 2.12. The zero-order valence-corrected chi connectivity index (χ0v) is 14.3. The Balaban J connectivity index is 2.92. The quantitative estimate of drug-likeness (QED) is 0.689. The Hall–Kier alpha value is -1.93. The summed E-state index contributed by atoms with van der Waals surface area (Å²) in [5.74, 6) is -1.95. The SMILES string of the molecule is CC(C)NS(=O)(=O)c1ccc(C(=O)N[C@H](C(=O)O)C(C)C)cc1. The molecule has 0 heterocycles. The molecule has 0 radical (unpaired) electrons. The van der Waals surface area contributed by atoms with Gasteiger partial charge in [-0.1, -0.05) is 13.8 Å². The summed E-state index contributed by atoms with van der Waals surface area (Å²) < 4.78 is 26.4. The van der Waals surface area contributed by atoms with E-state index in [4.69, 9.17) is 5.11 Å². The molecule has 0 spiro atoms. The summed E-state index contributed by atoms with van der Waals surface area (Å²) in [6.45, 7) is 6.79. The highest BCUT2D eigenvalue weighted by Gasteiger charge is 2.24. The third kappa shape index (κ3) is 5.33. The maximum absolute atomic E-state index is 12.1. The summed E-state index contributed by atoms with van der Waals surface area (Å²) in [4.78, 5) is 23.2. The number of carboxylic acid groups (broad SMARTS) is 1. The molecule has 1 aromatic carbocycles. The number of carbonyl (C=O) groups is 2. The number of nitrogens with one attached hydrogen (secondary N) is 2. The van der Waals surface area contributed by atoms with Gasteiger partial charge in [0.25, 0.3) is 5.91 Å². The zero-order chi connectivity index (χ0) is 17.8. The first kappa shape index (κ1) is 19.1. The van der Waals surface area contributed by atoms with E-state index in [2.05, 4.69) is 10.0 Å². The molecule has 0 bridgehead atoms. The van der Waals surface area contributed by atoms with E-state index in [1.807, 2.05) is 0 Å². The molecule has 0 aliphatic rings. The van der Waals surface area contributed by atoms with Gasteiger partial charge in [0, 0.05) is 11.6 Å². The van der Waals surface area contributed by atoms with Crippen LogP contribution >= 0.6 is 0 Å². The standard InChI is InChI=1S/C15H22N2O5S/c1-9(2)13(15(19)20)16-14(18)11-5-7-12(8-6-11)23(21,22)17-10(3)4/h5-10,13,17H,1-4H3,(H,16,18)(H,19,20)/t13-/m0/s1. The number of carboxylic acids is 1. The van der Waals surface area contributed by atoms with Gasteiger partial charge in [-0.25, -0.2) is 17.9 Å². The fourth-order valence-electron chi connectivity index (χ4n) is 1.90. The van der Waals surface area contributed by atoms with E-state index in [0.717, 1.165) is 0 Å². The summed E-state index contributed by atoms with van der Waals surface area (Å²) in [7, 11) is -3.63. The Kier molecular flexibility index (Phi) is 6.28. The molecule has 0 aromatic heterocycles. The molecule has 128 valence electrons. The van der Waals surface area contributed by atoms with Crippen molar-refractivity contribution < 1.29 is 23.1 Å². The number of benzene rings is 1. The largest absolute Gasteiger partial charge is 0.480 e. The molecule has 1 rings (SSSR count). The molecule has 0 unspecified atom stereocenters. The molecule has 1 aromatic rings. The predicted molar refractivity (Wildman–Crippen MR) is 85.6 cm³/mol. The number of carbonyl (C=O) groups excluding carboxylic acids is 1.